The molecule has 1 aromatic carbocycles. The first kappa shape index (κ1) is 37.1. The van der Waals surface area contributed by atoms with Gasteiger partial charge in [0.15, 0.2) is 11.9 Å². The number of nitrogens with zero attached hydrogens (tertiary/aromatic N) is 2. The molecule has 15 N–H and O–H groups in total. The smallest absolute Gasteiger partial charge is 0.246 e. The lowest BCUT2D eigenvalue weighted by Gasteiger charge is -2.33. The molecule has 17 heteroatoms. The zero-order valence-electron chi connectivity index (χ0n) is 27.2. The number of aromatic amines is 1. The third kappa shape index (κ3) is 10.9. The lowest BCUT2D eigenvalue weighted by molar-refractivity contribution is -0.137. The van der Waals surface area contributed by atoms with Crippen LogP contribution in [0.15, 0.2) is 40.4 Å². The van der Waals surface area contributed by atoms with Crippen LogP contribution in [0.2, 0.25) is 0 Å². The van der Waals surface area contributed by atoms with Gasteiger partial charge in [-0.2, -0.15) is 0 Å². The summed E-state index contributed by atoms with van der Waals surface area (Å²) in [5.41, 5.74) is 27.7. The van der Waals surface area contributed by atoms with E-state index in [2.05, 4.69) is 36.2 Å². The van der Waals surface area contributed by atoms with E-state index in [0.29, 0.717) is 38.5 Å². The highest BCUT2D eigenvalue weighted by Gasteiger charge is 2.44. The number of rotatable bonds is 18. The molecule has 0 spiro atoms. The molecule has 0 unspecified atom stereocenters. The van der Waals surface area contributed by atoms with Gasteiger partial charge in [-0.1, -0.05) is 31.0 Å². The number of nitrogens with one attached hydrogen (secondary N) is 5. The number of aliphatic imine (C=N–C) groups is 2. The number of fused-ring (bicyclic) bond motifs is 1. The molecule has 1 heterocycles. The van der Waals surface area contributed by atoms with Gasteiger partial charge in [0.05, 0.1) is 0 Å². The van der Waals surface area contributed by atoms with Gasteiger partial charge in [0.2, 0.25) is 29.5 Å². The van der Waals surface area contributed by atoms with E-state index in [9.17, 15) is 24.0 Å². The highest BCUT2D eigenvalue weighted by Crippen LogP contribution is 2.30. The Morgan fingerprint density at radius 3 is 1.96 bits per heavy atom. The monoisotopic (exact) mass is 668 g/mol. The maximum Gasteiger partial charge on any atom is 0.246 e. The Balaban J connectivity index is 1.79. The maximum absolute atomic E-state index is 14.0. The summed E-state index contributed by atoms with van der Waals surface area (Å²) in [5, 5.41) is 11.9. The number of aromatic nitrogens is 1. The van der Waals surface area contributed by atoms with Gasteiger partial charge in [-0.05, 0) is 50.2 Å². The standard InChI is InChI=1S/C31H48N12O5/c1-18(44)40-23(11-7-15-38-30(35)36)27(47)43-31(12-4-5-13-31)28(48)42-22(10-6-14-37-29(33)34)26(46)41-24(25(32)45)16-19-17-39-21-9-3-2-8-20(19)21/h2-3,8-9,17,22-24,39H,4-7,10-16H2,1H3,(H2,32,45)(H,40,44)(H,41,46)(H,42,48)(H,43,47)(H4,33,34,37)(H4,35,36,38)/t22-,23-,24-/m0/s1. The molecular formula is C31H48N12O5. The van der Waals surface area contributed by atoms with E-state index >= 15 is 0 Å². The van der Waals surface area contributed by atoms with Crippen molar-refractivity contribution in [2.24, 2.45) is 38.7 Å². The van der Waals surface area contributed by atoms with Gasteiger partial charge >= 0.3 is 0 Å². The van der Waals surface area contributed by atoms with Crippen LogP contribution in [0.5, 0.6) is 0 Å². The molecule has 0 saturated heterocycles. The normalized spacial score (nSPS) is 15.4. The zero-order chi connectivity index (χ0) is 35.3. The summed E-state index contributed by atoms with van der Waals surface area (Å²) in [6.07, 6.45) is 4.87. The van der Waals surface area contributed by atoms with Gasteiger partial charge in [-0.3, -0.25) is 34.0 Å². The summed E-state index contributed by atoms with van der Waals surface area (Å²) in [4.78, 5) is 76.5. The molecule has 17 nitrogen and oxygen atoms in total. The molecule has 0 aliphatic heterocycles. The lowest BCUT2D eigenvalue weighted by atomic mass is 9.94. The van der Waals surface area contributed by atoms with E-state index in [1.165, 1.54) is 6.92 Å². The van der Waals surface area contributed by atoms with Crippen molar-refractivity contribution in [2.75, 3.05) is 13.1 Å². The van der Waals surface area contributed by atoms with E-state index in [1.54, 1.807) is 6.20 Å². The van der Waals surface area contributed by atoms with Crippen LogP contribution < -0.4 is 49.9 Å². The van der Waals surface area contributed by atoms with E-state index in [1.807, 2.05) is 24.3 Å². The number of amides is 5. The molecule has 1 aliphatic carbocycles. The van der Waals surface area contributed by atoms with Crippen LogP contribution in [0.1, 0.15) is 63.9 Å². The number of nitrogens with two attached hydrogens (primary N) is 5. The lowest BCUT2D eigenvalue weighted by Crippen LogP contribution is -2.63. The van der Waals surface area contributed by atoms with Crippen molar-refractivity contribution >= 4 is 52.4 Å². The first-order valence-corrected chi connectivity index (χ1v) is 16.0. The Bertz CT molecular complexity index is 1510. The number of guanidine groups is 2. The third-order valence-corrected chi connectivity index (χ3v) is 8.22. The molecular weight excluding hydrogens is 620 g/mol. The predicted molar refractivity (Wildman–Crippen MR) is 182 cm³/mol. The number of carbonyl (C=O) groups is 5. The quantitative estimate of drug-likeness (QED) is 0.0486. The van der Waals surface area contributed by atoms with Crippen LogP contribution in [0.4, 0.5) is 0 Å². The van der Waals surface area contributed by atoms with Gasteiger partial charge in [0, 0.05) is 43.5 Å². The Morgan fingerprint density at radius 1 is 0.812 bits per heavy atom. The minimum atomic E-state index is -1.33. The van der Waals surface area contributed by atoms with Gasteiger partial charge in [0.25, 0.3) is 0 Å². The number of H-pyrrole nitrogens is 1. The summed E-state index contributed by atoms with van der Waals surface area (Å²) in [6, 6.07) is 4.39. The van der Waals surface area contributed by atoms with E-state index in [0.717, 1.165) is 16.5 Å². The molecule has 0 radical (unpaired) electrons. The van der Waals surface area contributed by atoms with Gasteiger partial charge in [0.1, 0.15) is 23.7 Å². The van der Waals surface area contributed by atoms with Crippen LogP contribution in [-0.2, 0) is 30.4 Å². The second-order valence-electron chi connectivity index (χ2n) is 12.0. The summed E-state index contributed by atoms with van der Waals surface area (Å²) in [5.74, 6) is -3.12. The number of para-hydroxylation sites is 1. The Morgan fingerprint density at radius 2 is 1.40 bits per heavy atom. The molecule has 0 bridgehead atoms. The Kier molecular flexibility index (Phi) is 13.6. The predicted octanol–water partition coefficient (Wildman–Crippen LogP) is -1.79. The fourth-order valence-electron chi connectivity index (χ4n) is 5.81. The van der Waals surface area contributed by atoms with Gasteiger partial charge in [-0.25, -0.2) is 0 Å². The highest BCUT2D eigenvalue weighted by molar-refractivity contribution is 5.98. The van der Waals surface area contributed by atoms with Crippen molar-refractivity contribution in [2.45, 2.75) is 88.4 Å². The van der Waals surface area contributed by atoms with E-state index in [-0.39, 0.29) is 44.3 Å². The number of benzene rings is 1. The van der Waals surface area contributed by atoms with Crippen LogP contribution in [-0.4, -0.2) is 83.2 Å². The highest BCUT2D eigenvalue weighted by atomic mass is 16.2. The van der Waals surface area contributed by atoms with Crippen molar-refractivity contribution < 1.29 is 24.0 Å². The van der Waals surface area contributed by atoms with Gasteiger partial charge < -0.3 is 54.9 Å². The minimum absolute atomic E-state index is 0.0888. The fourth-order valence-corrected chi connectivity index (χ4v) is 5.81. The summed E-state index contributed by atoms with van der Waals surface area (Å²) in [6.45, 7) is 1.73. The van der Waals surface area contributed by atoms with Crippen molar-refractivity contribution in [3.8, 4) is 0 Å². The van der Waals surface area contributed by atoms with Crippen LogP contribution in [0, 0.1) is 0 Å². The SMILES string of the molecule is CC(=O)N[C@@H](CCCN=C(N)N)C(=O)NC1(C(=O)N[C@@H](CCCN=C(N)N)C(=O)N[C@@H](Cc2c[nH]c3ccccc23)C(N)=O)CCCC1. The molecule has 5 amide bonds. The first-order valence-electron chi connectivity index (χ1n) is 16.0. The van der Waals surface area contributed by atoms with Crippen LogP contribution in [0.3, 0.4) is 0 Å². The first-order chi connectivity index (χ1) is 22.8. The molecule has 2 aromatic rings. The molecule has 262 valence electrons. The number of hydrogen-bond donors (Lipinski definition) is 10. The largest absolute Gasteiger partial charge is 0.370 e. The van der Waals surface area contributed by atoms with Crippen molar-refractivity contribution in [3.05, 3.63) is 36.0 Å². The van der Waals surface area contributed by atoms with Crippen LogP contribution in [0.25, 0.3) is 10.9 Å². The van der Waals surface area contributed by atoms with E-state index in [4.69, 9.17) is 28.7 Å². The molecule has 3 rings (SSSR count). The third-order valence-electron chi connectivity index (χ3n) is 8.22. The number of hydrogen-bond acceptors (Lipinski definition) is 7. The van der Waals surface area contributed by atoms with Gasteiger partial charge in [-0.15, -0.1) is 0 Å². The second kappa shape index (κ2) is 17.5. The summed E-state index contributed by atoms with van der Waals surface area (Å²) < 4.78 is 0. The molecule has 1 aliphatic rings. The average Bonchev–Trinajstić information content (AvgIpc) is 3.67. The number of primary amides is 1. The minimum Gasteiger partial charge on any atom is -0.370 e. The molecule has 1 saturated carbocycles. The van der Waals surface area contributed by atoms with Crippen molar-refractivity contribution in [1.82, 2.24) is 26.3 Å². The number of carbonyl (C=O) groups excluding carboxylic acids is 5. The molecule has 3 atom stereocenters. The average molecular weight is 669 g/mol. The summed E-state index contributed by atoms with van der Waals surface area (Å²) >= 11 is 0. The molecule has 1 aromatic heterocycles. The fraction of sp³-hybridized carbons (Fsp3) is 0.516. The molecule has 48 heavy (non-hydrogen) atoms. The van der Waals surface area contributed by atoms with E-state index < -0.39 is 53.2 Å². The maximum atomic E-state index is 14.0. The summed E-state index contributed by atoms with van der Waals surface area (Å²) in [7, 11) is 0. The Labute approximate surface area is 278 Å². The van der Waals surface area contributed by atoms with Crippen LogP contribution >= 0.6 is 0 Å². The second-order valence-corrected chi connectivity index (χ2v) is 12.0. The topological polar surface area (TPSA) is 304 Å². The Hall–Kier alpha value is -5.35. The van der Waals surface area contributed by atoms with Crippen molar-refractivity contribution in [3.63, 3.8) is 0 Å². The zero-order valence-corrected chi connectivity index (χ0v) is 27.2. The molecule has 1 fully saturated rings. The van der Waals surface area contributed by atoms with Crippen molar-refractivity contribution in [1.29, 1.82) is 0 Å².